The first kappa shape index (κ1) is 21.5. The largest absolute Gasteiger partial charge is 0.493 e. The highest BCUT2D eigenvalue weighted by Crippen LogP contribution is 2.28. The van der Waals surface area contributed by atoms with Gasteiger partial charge in [-0.1, -0.05) is 24.6 Å². The number of benzene rings is 2. The van der Waals surface area contributed by atoms with Gasteiger partial charge in [0.25, 0.3) is 0 Å². The first-order valence-corrected chi connectivity index (χ1v) is 10.9. The van der Waals surface area contributed by atoms with E-state index >= 15 is 0 Å². The second-order valence-electron chi connectivity index (χ2n) is 6.06. The summed E-state index contributed by atoms with van der Waals surface area (Å²) in [5.74, 6) is 1.44. The van der Waals surface area contributed by atoms with Crippen LogP contribution in [0, 0.1) is 0 Å². The summed E-state index contributed by atoms with van der Waals surface area (Å²) in [5.41, 5.74) is 1.04. The highest BCUT2D eigenvalue weighted by atomic mass is 35.5. The smallest absolute Gasteiger partial charge is 0.179 e. The van der Waals surface area contributed by atoms with Gasteiger partial charge < -0.3 is 9.47 Å². The van der Waals surface area contributed by atoms with Gasteiger partial charge in [0.05, 0.1) is 24.4 Å². The lowest BCUT2D eigenvalue weighted by atomic mass is 10.2. The molecule has 0 spiro atoms. The third-order valence-corrected chi connectivity index (χ3v) is 6.19. The van der Waals surface area contributed by atoms with Crippen LogP contribution in [0.3, 0.4) is 0 Å². The summed E-state index contributed by atoms with van der Waals surface area (Å²) in [5, 5.41) is 0.522. The Morgan fingerprint density at radius 1 is 1.04 bits per heavy atom. The van der Waals surface area contributed by atoms with E-state index in [4.69, 9.17) is 21.1 Å². The van der Waals surface area contributed by atoms with E-state index in [0.29, 0.717) is 41.1 Å². The zero-order valence-electron chi connectivity index (χ0n) is 15.9. The molecule has 0 bridgehead atoms. The monoisotopic (exact) mass is 411 g/mol. The van der Waals surface area contributed by atoms with Crippen LogP contribution >= 0.6 is 11.6 Å². The van der Waals surface area contributed by atoms with Crippen molar-refractivity contribution in [1.29, 1.82) is 0 Å². The van der Waals surface area contributed by atoms with E-state index in [2.05, 4.69) is 4.90 Å². The molecule has 0 radical (unpaired) electrons. The highest BCUT2D eigenvalue weighted by molar-refractivity contribution is 7.91. The summed E-state index contributed by atoms with van der Waals surface area (Å²) < 4.78 is 36.0. The first-order chi connectivity index (χ1) is 12.9. The third-order valence-electron chi connectivity index (χ3n) is 4.23. The molecule has 7 heteroatoms. The Kier molecular flexibility index (Phi) is 7.95. The molecule has 5 nitrogen and oxygen atoms in total. The summed E-state index contributed by atoms with van der Waals surface area (Å²) in [7, 11) is -1.74. The topological polar surface area (TPSA) is 55.8 Å². The molecule has 148 valence electrons. The molecule has 0 atom stereocenters. The van der Waals surface area contributed by atoms with Crippen LogP contribution in [0.5, 0.6) is 11.5 Å². The fraction of sp³-hybridized carbons (Fsp3) is 0.400. The average molecular weight is 412 g/mol. The number of sulfone groups is 1. The van der Waals surface area contributed by atoms with Crippen molar-refractivity contribution in [3.05, 3.63) is 53.1 Å². The summed E-state index contributed by atoms with van der Waals surface area (Å²) in [6.45, 7) is 6.32. The molecule has 0 aromatic heterocycles. The van der Waals surface area contributed by atoms with Gasteiger partial charge in [-0.05, 0) is 55.4 Å². The maximum Gasteiger partial charge on any atom is 0.179 e. The summed E-state index contributed by atoms with van der Waals surface area (Å²) in [4.78, 5) is 2.38. The van der Waals surface area contributed by atoms with Gasteiger partial charge in [0, 0.05) is 18.1 Å². The van der Waals surface area contributed by atoms with Crippen LogP contribution in [0.2, 0.25) is 5.02 Å². The fourth-order valence-electron chi connectivity index (χ4n) is 2.70. The number of ether oxygens (including phenoxy) is 2. The van der Waals surface area contributed by atoms with Gasteiger partial charge in [0.2, 0.25) is 0 Å². The Morgan fingerprint density at radius 2 is 1.74 bits per heavy atom. The predicted molar refractivity (Wildman–Crippen MR) is 109 cm³/mol. The molecule has 2 aromatic carbocycles. The van der Waals surface area contributed by atoms with Crippen molar-refractivity contribution >= 4 is 21.4 Å². The van der Waals surface area contributed by atoms with E-state index in [-0.39, 0.29) is 5.75 Å². The molecule has 0 saturated carbocycles. The van der Waals surface area contributed by atoms with Crippen molar-refractivity contribution in [3.8, 4) is 11.5 Å². The van der Waals surface area contributed by atoms with E-state index in [0.717, 1.165) is 12.1 Å². The van der Waals surface area contributed by atoms with Crippen LogP contribution in [0.25, 0.3) is 0 Å². The maximum atomic E-state index is 12.5. The SMILES string of the molecule is CCOc1ccc(CN(CC)CCS(=O)(=O)c2ccc(Cl)cc2)cc1OC. The van der Waals surface area contributed by atoms with E-state index in [1.165, 1.54) is 0 Å². The summed E-state index contributed by atoms with van der Waals surface area (Å²) in [6, 6.07) is 12.1. The molecular weight excluding hydrogens is 386 g/mol. The zero-order chi connectivity index (χ0) is 19.9. The Hall–Kier alpha value is -1.76. The Bertz CT molecular complexity index is 838. The van der Waals surface area contributed by atoms with Gasteiger partial charge in [0.15, 0.2) is 21.3 Å². The molecule has 0 amide bonds. The van der Waals surface area contributed by atoms with Crippen LogP contribution < -0.4 is 9.47 Å². The van der Waals surface area contributed by atoms with E-state index in [9.17, 15) is 8.42 Å². The van der Waals surface area contributed by atoms with Gasteiger partial charge in [-0.3, -0.25) is 4.90 Å². The van der Waals surface area contributed by atoms with Crippen LogP contribution in [-0.2, 0) is 16.4 Å². The third kappa shape index (κ3) is 6.13. The molecule has 0 aliphatic heterocycles. The molecule has 2 aromatic rings. The number of hydrogen-bond donors (Lipinski definition) is 0. The molecule has 0 N–H and O–H groups in total. The predicted octanol–water partition coefficient (Wildman–Crippen LogP) is 4.04. The van der Waals surface area contributed by atoms with Gasteiger partial charge in [-0.15, -0.1) is 0 Å². The van der Waals surface area contributed by atoms with Crippen LogP contribution in [0.4, 0.5) is 0 Å². The first-order valence-electron chi connectivity index (χ1n) is 8.90. The quantitative estimate of drug-likeness (QED) is 0.590. The molecule has 0 aliphatic carbocycles. The molecule has 0 fully saturated rings. The van der Waals surface area contributed by atoms with Crippen molar-refractivity contribution in [2.75, 3.05) is 32.6 Å². The zero-order valence-corrected chi connectivity index (χ0v) is 17.5. The molecule has 0 aliphatic rings. The minimum Gasteiger partial charge on any atom is -0.493 e. The van der Waals surface area contributed by atoms with Crippen molar-refractivity contribution in [3.63, 3.8) is 0 Å². The lowest BCUT2D eigenvalue weighted by Gasteiger charge is -2.21. The Morgan fingerprint density at radius 3 is 2.33 bits per heavy atom. The fourth-order valence-corrected chi connectivity index (χ4v) is 4.11. The van der Waals surface area contributed by atoms with Gasteiger partial charge in [-0.25, -0.2) is 8.42 Å². The molecule has 0 heterocycles. The lowest BCUT2D eigenvalue weighted by Crippen LogP contribution is -2.29. The molecule has 2 rings (SSSR count). The van der Waals surface area contributed by atoms with E-state index in [1.54, 1.807) is 31.4 Å². The molecule has 0 saturated heterocycles. The number of rotatable bonds is 10. The molecular formula is C20H26ClNO4S. The van der Waals surface area contributed by atoms with Crippen molar-refractivity contribution in [2.45, 2.75) is 25.3 Å². The van der Waals surface area contributed by atoms with Crippen LogP contribution in [0.1, 0.15) is 19.4 Å². The number of methoxy groups -OCH3 is 1. The summed E-state index contributed by atoms with van der Waals surface area (Å²) in [6.07, 6.45) is 0. The highest BCUT2D eigenvalue weighted by Gasteiger charge is 2.17. The number of nitrogens with zero attached hydrogens (tertiary/aromatic N) is 1. The van der Waals surface area contributed by atoms with Crippen molar-refractivity contribution in [1.82, 2.24) is 4.90 Å². The maximum absolute atomic E-state index is 12.5. The van der Waals surface area contributed by atoms with Crippen LogP contribution in [0.15, 0.2) is 47.4 Å². The summed E-state index contributed by atoms with van der Waals surface area (Å²) >= 11 is 5.84. The minimum absolute atomic E-state index is 0.0522. The minimum atomic E-state index is -3.35. The molecule has 0 unspecified atom stereocenters. The van der Waals surface area contributed by atoms with Crippen LogP contribution in [-0.4, -0.2) is 45.9 Å². The standard InChI is InChI=1S/C20H26ClNO4S/c1-4-22(12-13-27(23,24)18-9-7-17(21)8-10-18)15-16-6-11-19(26-5-2)20(14-16)25-3/h6-11,14H,4-5,12-13,15H2,1-3H3. The number of halogens is 1. The van der Waals surface area contributed by atoms with E-state index < -0.39 is 9.84 Å². The second kappa shape index (κ2) is 9.97. The molecule has 27 heavy (non-hydrogen) atoms. The Labute approximate surface area is 166 Å². The second-order valence-corrected chi connectivity index (χ2v) is 8.61. The lowest BCUT2D eigenvalue weighted by molar-refractivity contribution is 0.293. The van der Waals surface area contributed by atoms with Gasteiger partial charge in [-0.2, -0.15) is 0 Å². The van der Waals surface area contributed by atoms with Gasteiger partial charge in [0.1, 0.15) is 0 Å². The average Bonchev–Trinajstić information content (AvgIpc) is 2.66. The van der Waals surface area contributed by atoms with E-state index in [1.807, 2.05) is 32.0 Å². The Balaban J connectivity index is 2.04. The van der Waals surface area contributed by atoms with Crippen molar-refractivity contribution in [2.24, 2.45) is 0 Å². The number of hydrogen-bond acceptors (Lipinski definition) is 5. The normalized spacial score (nSPS) is 11.6. The van der Waals surface area contributed by atoms with Crippen molar-refractivity contribution < 1.29 is 17.9 Å². The van der Waals surface area contributed by atoms with Gasteiger partial charge >= 0.3 is 0 Å².